The van der Waals surface area contributed by atoms with Crippen LogP contribution in [-0.4, -0.2) is 40.2 Å². The van der Waals surface area contributed by atoms with E-state index in [1.807, 2.05) is 30.3 Å². The second kappa shape index (κ2) is 11.0. The Morgan fingerprint density at radius 3 is 2.60 bits per heavy atom. The third kappa shape index (κ3) is 6.96. The van der Waals surface area contributed by atoms with Crippen molar-refractivity contribution in [3.05, 3.63) is 42.0 Å². The molecule has 1 amide bonds. The zero-order chi connectivity index (χ0) is 17.9. The first-order chi connectivity index (χ1) is 12.2. The Bertz CT molecular complexity index is 568. The van der Waals surface area contributed by atoms with Gasteiger partial charge in [0.25, 0.3) is 0 Å². The fraction of sp³-hybridized carbons (Fsp3) is 0.500. The number of rotatable bonds is 7. The van der Waals surface area contributed by atoms with E-state index >= 15 is 0 Å². The van der Waals surface area contributed by atoms with Gasteiger partial charge in [0.2, 0.25) is 5.91 Å². The maximum Gasteiger partial charge on any atom is 0.250 e. The molecule has 2 rings (SSSR count). The first kappa shape index (κ1) is 19.6. The van der Waals surface area contributed by atoms with Gasteiger partial charge in [0.1, 0.15) is 0 Å². The summed E-state index contributed by atoms with van der Waals surface area (Å²) in [6.45, 7) is 0.976. The minimum atomic E-state index is -0.197. The largest absolute Gasteiger partial charge is 0.396 e. The molecule has 0 unspecified atom stereocenters. The fourth-order valence-corrected chi connectivity index (χ4v) is 3.53. The smallest absolute Gasteiger partial charge is 0.250 e. The average Bonchev–Trinajstić information content (AvgIpc) is 2.65. The van der Waals surface area contributed by atoms with Gasteiger partial charge in [-0.05, 0) is 49.5 Å². The highest BCUT2D eigenvalue weighted by atomic mass is 32.1. The van der Waals surface area contributed by atoms with Crippen molar-refractivity contribution in [2.45, 2.75) is 51.0 Å². The van der Waals surface area contributed by atoms with E-state index in [0.717, 1.165) is 37.8 Å². The summed E-state index contributed by atoms with van der Waals surface area (Å²) in [5.41, 5.74) is 0.982. The average molecular weight is 361 g/mol. The van der Waals surface area contributed by atoms with Crippen LogP contribution in [0, 0.1) is 0 Å². The van der Waals surface area contributed by atoms with Crippen LogP contribution in [0.3, 0.4) is 0 Å². The topological polar surface area (TPSA) is 52.6 Å². The minimum absolute atomic E-state index is 0.192. The minimum Gasteiger partial charge on any atom is -0.396 e. The van der Waals surface area contributed by atoms with E-state index in [0.29, 0.717) is 11.2 Å². The van der Waals surface area contributed by atoms with Crippen LogP contribution in [0.1, 0.15) is 50.5 Å². The molecule has 1 aliphatic carbocycles. The van der Waals surface area contributed by atoms with Gasteiger partial charge in [0.15, 0.2) is 5.11 Å². The Kier molecular flexibility index (Phi) is 8.63. The molecule has 5 heteroatoms. The summed E-state index contributed by atoms with van der Waals surface area (Å²) >= 11 is 5.51. The number of hydrogen-bond acceptors (Lipinski definition) is 3. The van der Waals surface area contributed by atoms with Gasteiger partial charge >= 0.3 is 0 Å². The van der Waals surface area contributed by atoms with Crippen LogP contribution >= 0.6 is 12.2 Å². The van der Waals surface area contributed by atoms with Crippen LogP contribution in [0.4, 0.5) is 0 Å². The molecule has 0 heterocycles. The summed E-state index contributed by atoms with van der Waals surface area (Å²) in [6.07, 6.45) is 10.9. The molecule has 1 aliphatic rings. The molecule has 0 bridgehead atoms. The Morgan fingerprint density at radius 1 is 1.20 bits per heavy atom. The third-order valence-corrected chi connectivity index (χ3v) is 4.88. The molecule has 1 aromatic carbocycles. The molecule has 1 saturated carbocycles. The molecule has 0 aromatic heterocycles. The number of nitrogens with zero attached hydrogens (tertiary/aromatic N) is 1. The van der Waals surface area contributed by atoms with Crippen LogP contribution in [0.2, 0.25) is 0 Å². The van der Waals surface area contributed by atoms with E-state index in [-0.39, 0.29) is 12.5 Å². The molecule has 4 nitrogen and oxygen atoms in total. The van der Waals surface area contributed by atoms with Crippen molar-refractivity contribution >= 4 is 29.3 Å². The molecule has 0 saturated heterocycles. The molecule has 0 atom stereocenters. The van der Waals surface area contributed by atoms with Crippen molar-refractivity contribution in [2.24, 2.45) is 0 Å². The molecule has 1 aromatic rings. The molecule has 0 spiro atoms. The van der Waals surface area contributed by atoms with Crippen molar-refractivity contribution in [1.82, 2.24) is 10.2 Å². The van der Waals surface area contributed by atoms with Gasteiger partial charge in [0, 0.05) is 25.3 Å². The summed E-state index contributed by atoms with van der Waals surface area (Å²) in [7, 11) is 0. The predicted octanol–water partition coefficient (Wildman–Crippen LogP) is 3.51. The molecule has 0 radical (unpaired) electrons. The van der Waals surface area contributed by atoms with Crippen molar-refractivity contribution in [3.63, 3.8) is 0 Å². The van der Waals surface area contributed by atoms with Gasteiger partial charge in [-0.3, -0.25) is 10.1 Å². The third-order valence-electron chi connectivity index (χ3n) is 4.54. The first-order valence-electron chi connectivity index (χ1n) is 9.16. The number of benzene rings is 1. The summed E-state index contributed by atoms with van der Waals surface area (Å²) in [5.74, 6) is -0.197. The van der Waals surface area contributed by atoms with Gasteiger partial charge in [0.05, 0.1) is 0 Å². The number of carbonyl (C=O) groups excluding carboxylic acids is 1. The number of carbonyl (C=O) groups is 1. The van der Waals surface area contributed by atoms with E-state index in [1.54, 1.807) is 6.08 Å². The lowest BCUT2D eigenvalue weighted by Gasteiger charge is -2.36. The number of thiocarbonyl (C=S) groups is 1. The summed E-state index contributed by atoms with van der Waals surface area (Å²) in [4.78, 5) is 14.3. The standard InChI is InChI=1S/C20H28N2O2S/c23-16-8-7-15-22(18-11-5-2-6-12-18)20(25)21-19(24)14-13-17-9-3-1-4-10-17/h1,3-4,9-10,13-14,18,23H,2,5-8,11-12,15-16H2,(H,21,24,25). The zero-order valence-electron chi connectivity index (χ0n) is 14.7. The Hall–Kier alpha value is -1.72. The van der Waals surface area contributed by atoms with Gasteiger partial charge < -0.3 is 10.0 Å². The fourth-order valence-electron chi connectivity index (χ4n) is 3.19. The van der Waals surface area contributed by atoms with Crippen LogP contribution in [-0.2, 0) is 4.79 Å². The van der Waals surface area contributed by atoms with E-state index < -0.39 is 0 Å². The maximum absolute atomic E-state index is 12.2. The predicted molar refractivity (Wildman–Crippen MR) is 106 cm³/mol. The van der Waals surface area contributed by atoms with E-state index in [1.165, 1.54) is 25.3 Å². The molecular formula is C20H28N2O2S. The lowest BCUT2D eigenvalue weighted by atomic mass is 9.94. The van der Waals surface area contributed by atoms with E-state index in [2.05, 4.69) is 10.2 Å². The number of aliphatic hydroxyl groups excluding tert-OH is 1. The molecule has 1 fully saturated rings. The highest BCUT2D eigenvalue weighted by Gasteiger charge is 2.23. The van der Waals surface area contributed by atoms with Gasteiger partial charge in [-0.1, -0.05) is 49.6 Å². The second-order valence-electron chi connectivity index (χ2n) is 6.45. The van der Waals surface area contributed by atoms with E-state index in [4.69, 9.17) is 17.3 Å². The summed E-state index contributed by atoms with van der Waals surface area (Å²) in [6, 6.07) is 10.1. The number of aliphatic hydroxyl groups is 1. The van der Waals surface area contributed by atoms with Crippen LogP contribution in [0.15, 0.2) is 36.4 Å². The molecule has 0 aliphatic heterocycles. The Morgan fingerprint density at radius 2 is 1.92 bits per heavy atom. The molecule has 136 valence electrons. The summed E-state index contributed by atoms with van der Waals surface area (Å²) < 4.78 is 0. The highest BCUT2D eigenvalue weighted by Crippen LogP contribution is 2.23. The highest BCUT2D eigenvalue weighted by molar-refractivity contribution is 7.80. The Balaban J connectivity index is 1.92. The lowest BCUT2D eigenvalue weighted by molar-refractivity contribution is -0.115. The Labute approximate surface area is 155 Å². The number of nitrogens with one attached hydrogen (secondary N) is 1. The van der Waals surface area contributed by atoms with Crippen LogP contribution < -0.4 is 5.32 Å². The molecule has 25 heavy (non-hydrogen) atoms. The molecular weight excluding hydrogens is 332 g/mol. The lowest BCUT2D eigenvalue weighted by Crippen LogP contribution is -2.48. The number of unbranched alkanes of at least 4 members (excludes halogenated alkanes) is 1. The second-order valence-corrected chi connectivity index (χ2v) is 6.84. The van der Waals surface area contributed by atoms with Crippen LogP contribution in [0.25, 0.3) is 6.08 Å². The quantitative estimate of drug-likeness (QED) is 0.444. The van der Waals surface area contributed by atoms with Crippen molar-refractivity contribution in [3.8, 4) is 0 Å². The number of hydrogen-bond donors (Lipinski definition) is 2. The van der Waals surface area contributed by atoms with Gasteiger partial charge in [-0.25, -0.2) is 0 Å². The first-order valence-corrected chi connectivity index (χ1v) is 9.57. The SMILES string of the molecule is O=C(C=Cc1ccccc1)NC(=S)N(CCCCO)C1CCCCC1. The summed E-state index contributed by atoms with van der Waals surface area (Å²) in [5, 5.41) is 12.4. The zero-order valence-corrected chi connectivity index (χ0v) is 15.5. The van der Waals surface area contributed by atoms with Crippen molar-refractivity contribution in [1.29, 1.82) is 0 Å². The number of amides is 1. The molecule has 2 N–H and O–H groups in total. The maximum atomic E-state index is 12.2. The van der Waals surface area contributed by atoms with Gasteiger partial charge in [-0.15, -0.1) is 0 Å². The van der Waals surface area contributed by atoms with Crippen molar-refractivity contribution in [2.75, 3.05) is 13.2 Å². The normalized spacial score (nSPS) is 15.2. The van der Waals surface area contributed by atoms with E-state index in [9.17, 15) is 4.79 Å². The van der Waals surface area contributed by atoms with Crippen molar-refractivity contribution < 1.29 is 9.90 Å². The monoisotopic (exact) mass is 360 g/mol. The van der Waals surface area contributed by atoms with Crippen LogP contribution in [0.5, 0.6) is 0 Å². The van der Waals surface area contributed by atoms with Gasteiger partial charge in [-0.2, -0.15) is 0 Å².